The summed E-state index contributed by atoms with van der Waals surface area (Å²) in [5.41, 5.74) is 3.48. The van der Waals surface area contributed by atoms with Gasteiger partial charge in [-0.3, -0.25) is 34.2 Å². The molecule has 0 radical (unpaired) electrons. The van der Waals surface area contributed by atoms with Crippen LogP contribution in [-0.2, 0) is 9.59 Å². The lowest BCUT2D eigenvalue weighted by Gasteiger charge is -2.38. The second-order valence-corrected chi connectivity index (χ2v) is 17.1. The second-order valence-electron chi connectivity index (χ2n) is 16.7. The number of halogens is 1. The fourth-order valence-corrected chi connectivity index (χ4v) is 10.1. The molecule has 5 heterocycles. The van der Waals surface area contributed by atoms with Crippen molar-refractivity contribution in [3.63, 3.8) is 0 Å². The van der Waals surface area contributed by atoms with E-state index in [-0.39, 0.29) is 42.7 Å². The summed E-state index contributed by atoms with van der Waals surface area (Å²) < 4.78 is 6.33. The number of hydrogen-bond acceptors (Lipinski definition) is 8. The maximum Gasteiger partial charge on any atom is 0.262 e. The van der Waals surface area contributed by atoms with Crippen LogP contribution in [0.2, 0.25) is 5.02 Å². The summed E-state index contributed by atoms with van der Waals surface area (Å²) in [6.45, 7) is 12.7. The quantitative estimate of drug-likeness (QED) is 0.177. The van der Waals surface area contributed by atoms with Gasteiger partial charge in [-0.15, -0.1) is 0 Å². The summed E-state index contributed by atoms with van der Waals surface area (Å²) in [4.78, 5) is 75.3. The molecule has 0 spiro atoms. The van der Waals surface area contributed by atoms with E-state index >= 15 is 0 Å². The van der Waals surface area contributed by atoms with Crippen molar-refractivity contribution in [1.82, 2.24) is 20.0 Å². The van der Waals surface area contributed by atoms with Crippen molar-refractivity contribution in [2.24, 2.45) is 17.8 Å². The van der Waals surface area contributed by atoms with Gasteiger partial charge in [-0.2, -0.15) is 0 Å². The van der Waals surface area contributed by atoms with Gasteiger partial charge in [-0.25, -0.2) is 4.85 Å². The Bertz CT molecular complexity index is 2320. The van der Waals surface area contributed by atoms with Crippen molar-refractivity contribution in [1.29, 1.82) is 0 Å². The highest BCUT2D eigenvalue weighted by Crippen LogP contribution is 2.42. The SMILES string of the molecule is [C-]#[N+]c1ccc(OC2C3CCC2N(C(=O)c2ccc(C#CC4CCN(CC5CCN(c6ccc7c(c6)C(=O)N(C6CCC(=O)NC6=O)C7=O)CC5)CC4)cc2)C3)cc1Cl. The molecule has 3 aromatic rings. The molecule has 4 saturated heterocycles. The molecule has 1 aliphatic carbocycles. The normalized spacial score (nSPS) is 24.8. The van der Waals surface area contributed by atoms with Gasteiger partial charge in [0.05, 0.1) is 28.8 Å². The van der Waals surface area contributed by atoms with E-state index in [1.807, 2.05) is 35.2 Å². The minimum absolute atomic E-state index is 0.00507. The molecule has 6 aliphatic rings. The van der Waals surface area contributed by atoms with Gasteiger partial charge in [0.25, 0.3) is 17.7 Å². The van der Waals surface area contributed by atoms with E-state index < -0.39 is 23.8 Å². The number of nitrogens with one attached hydrogen (secondary N) is 1. The fraction of sp³-hybridized carbons (Fsp3) is 0.435. The van der Waals surface area contributed by atoms with Crippen molar-refractivity contribution in [3.8, 4) is 17.6 Å². The topological polar surface area (TPSA) is 124 Å². The molecule has 12 nitrogen and oxygen atoms in total. The Hall–Kier alpha value is -5.69. The van der Waals surface area contributed by atoms with Crippen LogP contribution < -0.4 is 15.0 Å². The van der Waals surface area contributed by atoms with Gasteiger partial charge in [0.15, 0.2) is 0 Å². The predicted octanol–water partition coefficient (Wildman–Crippen LogP) is 5.95. The molecular formula is C46H45ClN6O6. The van der Waals surface area contributed by atoms with E-state index in [0.29, 0.717) is 51.5 Å². The third-order valence-electron chi connectivity index (χ3n) is 13.1. The zero-order chi connectivity index (χ0) is 40.8. The molecule has 59 heavy (non-hydrogen) atoms. The molecule has 2 bridgehead atoms. The fourth-order valence-electron chi connectivity index (χ4n) is 9.86. The number of fused-ring (bicyclic) bond motifs is 3. The van der Waals surface area contributed by atoms with E-state index in [1.165, 1.54) is 0 Å². The van der Waals surface area contributed by atoms with E-state index in [9.17, 15) is 24.0 Å². The van der Waals surface area contributed by atoms with Crippen molar-refractivity contribution in [2.45, 2.75) is 69.6 Å². The number of ether oxygens (including phenoxy) is 1. The number of carbonyl (C=O) groups excluding carboxylic acids is 5. The number of likely N-dealkylation sites (tertiary alicyclic amines) is 2. The molecular weight excluding hydrogens is 768 g/mol. The monoisotopic (exact) mass is 812 g/mol. The Kier molecular flexibility index (Phi) is 10.6. The van der Waals surface area contributed by atoms with Crippen molar-refractivity contribution < 1.29 is 28.7 Å². The predicted molar refractivity (Wildman–Crippen MR) is 220 cm³/mol. The van der Waals surface area contributed by atoms with Gasteiger partial charge in [0, 0.05) is 61.2 Å². The van der Waals surface area contributed by atoms with E-state index in [1.54, 1.807) is 30.3 Å². The number of imide groups is 2. The van der Waals surface area contributed by atoms with Crippen LogP contribution in [0.1, 0.15) is 88.0 Å². The smallest absolute Gasteiger partial charge is 0.262 e. The van der Waals surface area contributed by atoms with Crippen LogP contribution in [0.5, 0.6) is 5.75 Å². The van der Waals surface area contributed by atoms with Crippen LogP contribution in [0.3, 0.4) is 0 Å². The van der Waals surface area contributed by atoms with Gasteiger partial charge in [-0.05, 0) is 119 Å². The first-order valence-electron chi connectivity index (χ1n) is 20.7. The number of nitrogens with zero attached hydrogens (tertiary/aromatic N) is 5. The van der Waals surface area contributed by atoms with Crippen molar-refractivity contribution in [2.75, 3.05) is 44.2 Å². The Morgan fingerprint density at radius 2 is 1.63 bits per heavy atom. The van der Waals surface area contributed by atoms with Crippen LogP contribution >= 0.6 is 11.6 Å². The van der Waals surface area contributed by atoms with E-state index in [4.69, 9.17) is 22.9 Å². The van der Waals surface area contributed by atoms with Gasteiger partial charge < -0.3 is 19.4 Å². The van der Waals surface area contributed by atoms with E-state index in [2.05, 4.69) is 31.8 Å². The summed E-state index contributed by atoms with van der Waals surface area (Å²) in [5, 5.41) is 2.62. The molecule has 9 rings (SSSR count). The lowest BCUT2D eigenvalue weighted by Crippen LogP contribution is -2.54. The molecule has 5 aliphatic heterocycles. The molecule has 13 heteroatoms. The molecule has 5 fully saturated rings. The largest absolute Gasteiger partial charge is 0.488 e. The molecule has 3 aromatic carbocycles. The molecule has 4 unspecified atom stereocenters. The minimum Gasteiger partial charge on any atom is -0.488 e. The standard InChI is InChI=1S/C46H45ClN6O6/c1-48-38-12-10-34(25-37(38)47)59-42-32-8-13-39(42)52(27-32)44(56)31-6-4-28(5-7-31)2-3-29-16-20-50(21-17-29)26-30-18-22-51(23-19-30)33-9-11-35-36(24-33)46(58)53(45(35)57)40-14-15-41(54)49-43(40)55/h4-7,9-12,24-25,29-30,32,39-40,42H,8,13-23,26-27H2,(H,49,54,55). The van der Waals surface area contributed by atoms with Crippen molar-refractivity contribution >= 4 is 52.5 Å². The third kappa shape index (κ3) is 7.68. The van der Waals surface area contributed by atoms with Crippen LogP contribution in [0.15, 0.2) is 60.7 Å². The zero-order valence-electron chi connectivity index (χ0n) is 32.7. The van der Waals surface area contributed by atoms with Gasteiger partial charge in [0.1, 0.15) is 17.9 Å². The third-order valence-corrected chi connectivity index (χ3v) is 13.4. The highest BCUT2D eigenvalue weighted by atomic mass is 35.5. The summed E-state index contributed by atoms with van der Waals surface area (Å²) in [6, 6.07) is 17.2. The first kappa shape index (κ1) is 38.8. The number of anilines is 1. The summed E-state index contributed by atoms with van der Waals surface area (Å²) in [6.07, 6.45) is 6.18. The maximum atomic E-state index is 13.6. The summed E-state index contributed by atoms with van der Waals surface area (Å²) >= 11 is 6.24. The molecule has 302 valence electrons. The van der Waals surface area contributed by atoms with Crippen molar-refractivity contribution in [3.05, 3.63) is 99.4 Å². The molecule has 1 saturated carbocycles. The first-order valence-corrected chi connectivity index (χ1v) is 21.1. The Balaban J connectivity index is 0.721. The van der Waals surface area contributed by atoms with Gasteiger partial charge in [-0.1, -0.05) is 29.5 Å². The number of amides is 5. The minimum atomic E-state index is -0.968. The number of hydrogen-bond donors (Lipinski definition) is 1. The number of benzene rings is 3. The summed E-state index contributed by atoms with van der Waals surface area (Å²) in [7, 11) is 0. The van der Waals surface area contributed by atoms with Crippen LogP contribution in [0.4, 0.5) is 11.4 Å². The zero-order valence-corrected chi connectivity index (χ0v) is 33.5. The highest BCUT2D eigenvalue weighted by molar-refractivity contribution is 6.33. The molecule has 1 N–H and O–H groups in total. The molecule has 0 aromatic heterocycles. The number of rotatable bonds is 7. The number of piperidine rings is 4. The van der Waals surface area contributed by atoms with Gasteiger partial charge >= 0.3 is 0 Å². The second kappa shape index (κ2) is 16.2. The van der Waals surface area contributed by atoms with Crippen LogP contribution in [0.25, 0.3) is 4.85 Å². The number of carbonyl (C=O) groups is 5. The lowest BCUT2D eigenvalue weighted by molar-refractivity contribution is -0.136. The Labute approximate surface area is 348 Å². The van der Waals surface area contributed by atoms with Crippen LogP contribution in [0, 0.1) is 36.2 Å². The van der Waals surface area contributed by atoms with Gasteiger partial charge in [0.2, 0.25) is 17.5 Å². The average molecular weight is 813 g/mol. The molecule has 4 atom stereocenters. The average Bonchev–Trinajstić information content (AvgIpc) is 3.88. The summed E-state index contributed by atoms with van der Waals surface area (Å²) in [5.74, 6) is 6.73. The van der Waals surface area contributed by atoms with Crippen LogP contribution in [-0.4, -0.2) is 102 Å². The van der Waals surface area contributed by atoms with E-state index in [0.717, 1.165) is 87.4 Å². The lowest BCUT2D eigenvalue weighted by atomic mass is 9.92. The maximum absolute atomic E-state index is 13.6. The Morgan fingerprint density at radius 1 is 0.864 bits per heavy atom. The molecule has 5 amide bonds. The highest BCUT2D eigenvalue weighted by Gasteiger charge is 2.50. The Morgan fingerprint density at radius 3 is 2.36 bits per heavy atom. The first-order chi connectivity index (χ1) is 28.6.